The van der Waals surface area contributed by atoms with Gasteiger partial charge in [0.2, 0.25) is 0 Å². The van der Waals surface area contributed by atoms with Gasteiger partial charge in [0.25, 0.3) is 0 Å². The van der Waals surface area contributed by atoms with Gasteiger partial charge < -0.3 is 10.2 Å². The van der Waals surface area contributed by atoms with Gasteiger partial charge in [-0.2, -0.15) is 0 Å². The maximum atomic E-state index is 11.7. The second-order valence-electron chi connectivity index (χ2n) is 4.99. The highest BCUT2D eigenvalue weighted by molar-refractivity contribution is 7.13. The molecule has 0 aliphatic carbocycles. The van der Waals surface area contributed by atoms with Crippen molar-refractivity contribution >= 4 is 22.5 Å². The largest absolute Gasteiger partial charge is 0.336 e. The van der Waals surface area contributed by atoms with E-state index in [0.717, 1.165) is 32.7 Å². The molecule has 0 spiro atoms. The van der Waals surface area contributed by atoms with Crippen molar-refractivity contribution in [3.8, 4) is 0 Å². The lowest BCUT2D eigenvalue weighted by atomic mass is 10.2. The van der Waals surface area contributed by atoms with Crippen molar-refractivity contribution in [2.75, 3.05) is 44.6 Å². The van der Waals surface area contributed by atoms with Crippen LogP contribution >= 0.6 is 11.3 Å². The number of carbonyl (C=O) groups excluding carboxylic acids is 1. The minimum atomic E-state index is -0.181. The van der Waals surface area contributed by atoms with Gasteiger partial charge in [0.05, 0.1) is 0 Å². The predicted octanol–water partition coefficient (Wildman–Crippen LogP) is 1.29. The van der Waals surface area contributed by atoms with Crippen LogP contribution in [0.25, 0.3) is 0 Å². The van der Waals surface area contributed by atoms with Gasteiger partial charge in [-0.15, -0.1) is 11.3 Å². The molecule has 2 amide bonds. The number of hydrogen-bond donors (Lipinski definition) is 2. The fourth-order valence-electron chi connectivity index (χ4n) is 2.32. The SMILES string of the molecule is CCN1CCN([C@@H](C)CNC(=O)Nc2nccs2)CC1. The van der Waals surface area contributed by atoms with Crippen LogP contribution in [0.5, 0.6) is 0 Å². The minimum absolute atomic E-state index is 0.181. The third-order valence-electron chi connectivity index (χ3n) is 3.69. The molecule has 1 aliphatic rings. The molecule has 2 N–H and O–H groups in total. The first-order valence-electron chi connectivity index (χ1n) is 7.09. The number of nitrogens with one attached hydrogen (secondary N) is 2. The van der Waals surface area contributed by atoms with Crippen molar-refractivity contribution in [3.63, 3.8) is 0 Å². The lowest BCUT2D eigenvalue weighted by molar-refractivity contribution is 0.106. The quantitative estimate of drug-likeness (QED) is 0.860. The molecule has 7 heteroatoms. The van der Waals surface area contributed by atoms with E-state index in [-0.39, 0.29) is 6.03 Å². The first kappa shape index (κ1) is 15.2. The van der Waals surface area contributed by atoms with Gasteiger partial charge in [0, 0.05) is 50.3 Å². The number of nitrogens with zero attached hydrogens (tertiary/aromatic N) is 3. The lowest BCUT2D eigenvalue weighted by Crippen LogP contribution is -2.52. The summed E-state index contributed by atoms with van der Waals surface area (Å²) in [4.78, 5) is 20.6. The Kier molecular flexibility index (Phi) is 5.75. The average molecular weight is 297 g/mol. The third kappa shape index (κ3) is 4.43. The van der Waals surface area contributed by atoms with Crippen molar-refractivity contribution in [2.45, 2.75) is 19.9 Å². The van der Waals surface area contributed by atoms with Gasteiger partial charge in [0.1, 0.15) is 0 Å². The molecule has 112 valence electrons. The summed E-state index contributed by atoms with van der Waals surface area (Å²) < 4.78 is 0. The third-order valence-corrected chi connectivity index (χ3v) is 4.38. The standard InChI is InChI=1S/C13H23N5OS/c1-3-17-5-7-18(8-6-17)11(2)10-15-12(19)16-13-14-4-9-20-13/h4,9,11H,3,5-8,10H2,1-2H3,(H2,14,15,16,19)/t11-/m0/s1. The Labute approximate surface area is 124 Å². The molecule has 1 fully saturated rings. The summed E-state index contributed by atoms with van der Waals surface area (Å²) in [7, 11) is 0. The van der Waals surface area contributed by atoms with E-state index in [4.69, 9.17) is 0 Å². The molecule has 0 unspecified atom stereocenters. The average Bonchev–Trinajstić information content (AvgIpc) is 2.97. The van der Waals surface area contributed by atoms with Crippen LogP contribution in [0.15, 0.2) is 11.6 Å². The second kappa shape index (κ2) is 7.56. The summed E-state index contributed by atoms with van der Waals surface area (Å²) in [6.45, 7) is 10.5. The fourth-order valence-corrected chi connectivity index (χ4v) is 2.84. The van der Waals surface area contributed by atoms with Crippen molar-refractivity contribution < 1.29 is 4.79 Å². The van der Waals surface area contributed by atoms with Gasteiger partial charge in [0.15, 0.2) is 5.13 Å². The topological polar surface area (TPSA) is 60.5 Å². The Balaban J connectivity index is 1.67. The Morgan fingerprint density at radius 2 is 2.20 bits per heavy atom. The molecule has 0 radical (unpaired) electrons. The first-order chi connectivity index (χ1) is 9.69. The number of rotatable bonds is 5. The van der Waals surface area contributed by atoms with Crippen LogP contribution in [-0.2, 0) is 0 Å². The van der Waals surface area contributed by atoms with E-state index in [0.29, 0.717) is 17.7 Å². The Bertz CT molecular complexity index is 403. The Morgan fingerprint density at radius 1 is 1.45 bits per heavy atom. The zero-order valence-electron chi connectivity index (χ0n) is 12.1. The van der Waals surface area contributed by atoms with Crippen molar-refractivity contribution in [2.24, 2.45) is 0 Å². The summed E-state index contributed by atoms with van der Waals surface area (Å²) in [5.41, 5.74) is 0. The van der Waals surface area contributed by atoms with E-state index in [1.54, 1.807) is 6.20 Å². The van der Waals surface area contributed by atoms with Crippen molar-refractivity contribution in [1.29, 1.82) is 0 Å². The molecule has 6 nitrogen and oxygen atoms in total. The maximum absolute atomic E-state index is 11.7. The van der Waals surface area contributed by atoms with Crippen LogP contribution in [0.2, 0.25) is 0 Å². The summed E-state index contributed by atoms with van der Waals surface area (Å²) in [5, 5.41) is 8.10. The molecule has 20 heavy (non-hydrogen) atoms. The first-order valence-corrected chi connectivity index (χ1v) is 7.97. The molecular weight excluding hydrogens is 274 g/mol. The highest BCUT2D eigenvalue weighted by Gasteiger charge is 2.20. The van der Waals surface area contributed by atoms with Crippen LogP contribution in [0, 0.1) is 0 Å². The number of amides is 2. The number of anilines is 1. The lowest BCUT2D eigenvalue weighted by Gasteiger charge is -2.37. The molecule has 1 aromatic rings. The molecule has 2 heterocycles. The summed E-state index contributed by atoms with van der Waals surface area (Å²) in [5.74, 6) is 0. The van der Waals surface area contributed by atoms with E-state index in [1.165, 1.54) is 11.3 Å². The van der Waals surface area contributed by atoms with Crippen LogP contribution in [0.4, 0.5) is 9.93 Å². The van der Waals surface area contributed by atoms with E-state index in [9.17, 15) is 4.79 Å². The number of likely N-dealkylation sites (N-methyl/N-ethyl adjacent to an activating group) is 1. The van der Waals surface area contributed by atoms with Gasteiger partial charge in [-0.3, -0.25) is 10.2 Å². The van der Waals surface area contributed by atoms with Crippen LogP contribution in [0.3, 0.4) is 0 Å². The predicted molar refractivity (Wildman–Crippen MR) is 82.3 cm³/mol. The smallest absolute Gasteiger partial charge is 0.321 e. The highest BCUT2D eigenvalue weighted by Crippen LogP contribution is 2.10. The van der Waals surface area contributed by atoms with E-state index in [2.05, 4.69) is 39.3 Å². The number of thiazole rings is 1. The van der Waals surface area contributed by atoms with Crippen LogP contribution < -0.4 is 10.6 Å². The van der Waals surface area contributed by atoms with Gasteiger partial charge in [-0.25, -0.2) is 9.78 Å². The van der Waals surface area contributed by atoms with Gasteiger partial charge >= 0.3 is 6.03 Å². The molecule has 0 saturated carbocycles. The molecule has 1 atom stereocenters. The number of piperazine rings is 1. The van der Waals surface area contributed by atoms with Crippen molar-refractivity contribution in [1.82, 2.24) is 20.1 Å². The molecule has 1 aliphatic heterocycles. The van der Waals surface area contributed by atoms with E-state index < -0.39 is 0 Å². The normalized spacial score (nSPS) is 18.7. The fraction of sp³-hybridized carbons (Fsp3) is 0.692. The number of hydrogen-bond acceptors (Lipinski definition) is 5. The van der Waals surface area contributed by atoms with Gasteiger partial charge in [-0.1, -0.05) is 6.92 Å². The summed E-state index contributed by atoms with van der Waals surface area (Å²) in [6, 6.07) is 0.176. The van der Waals surface area contributed by atoms with Crippen LogP contribution in [0.1, 0.15) is 13.8 Å². The van der Waals surface area contributed by atoms with Crippen LogP contribution in [-0.4, -0.2) is 66.1 Å². The molecular formula is C13H23N5OS. The molecule has 0 aromatic carbocycles. The summed E-state index contributed by atoms with van der Waals surface area (Å²) >= 11 is 1.42. The number of carbonyl (C=O) groups is 1. The molecule has 1 saturated heterocycles. The number of aromatic nitrogens is 1. The molecule has 2 rings (SSSR count). The Morgan fingerprint density at radius 3 is 2.80 bits per heavy atom. The monoisotopic (exact) mass is 297 g/mol. The van der Waals surface area contributed by atoms with E-state index in [1.807, 2.05) is 5.38 Å². The van der Waals surface area contributed by atoms with E-state index >= 15 is 0 Å². The zero-order valence-corrected chi connectivity index (χ0v) is 12.9. The molecule has 0 bridgehead atoms. The maximum Gasteiger partial charge on any atom is 0.321 e. The highest BCUT2D eigenvalue weighted by atomic mass is 32.1. The zero-order chi connectivity index (χ0) is 14.4. The minimum Gasteiger partial charge on any atom is -0.336 e. The number of urea groups is 1. The van der Waals surface area contributed by atoms with Crippen molar-refractivity contribution in [3.05, 3.63) is 11.6 Å². The molecule has 1 aromatic heterocycles. The second-order valence-corrected chi connectivity index (χ2v) is 5.89. The summed E-state index contributed by atoms with van der Waals surface area (Å²) in [6.07, 6.45) is 1.68. The Hall–Kier alpha value is -1.18. The van der Waals surface area contributed by atoms with Gasteiger partial charge in [-0.05, 0) is 13.5 Å².